The molecule has 0 fully saturated rings. The van der Waals surface area contributed by atoms with Gasteiger partial charge in [-0.15, -0.1) is 10.2 Å². The van der Waals surface area contributed by atoms with E-state index in [1.54, 1.807) is 18.7 Å². The molecule has 4 nitrogen and oxygen atoms in total. The van der Waals surface area contributed by atoms with Gasteiger partial charge >= 0.3 is 0 Å². The first kappa shape index (κ1) is 12.9. The van der Waals surface area contributed by atoms with E-state index in [1.807, 2.05) is 0 Å². The van der Waals surface area contributed by atoms with Crippen molar-refractivity contribution in [2.75, 3.05) is 11.5 Å². The van der Waals surface area contributed by atoms with Gasteiger partial charge in [0.15, 0.2) is 4.34 Å². The first-order valence-electron chi connectivity index (χ1n) is 4.64. The second-order valence-electron chi connectivity index (χ2n) is 3.44. The van der Waals surface area contributed by atoms with Crippen LogP contribution in [0.1, 0.15) is 20.8 Å². The molecule has 0 saturated carbocycles. The molecule has 0 aliphatic rings. The average Bonchev–Trinajstić information content (AvgIpc) is 2.63. The summed E-state index contributed by atoms with van der Waals surface area (Å²) in [5.41, 5.74) is 0. The molecule has 0 N–H and O–H groups in total. The van der Waals surface area contributed by atoms with E-state index in [2.05, 4.69) is 24.0 Å². The standard InChI is InChI=1S/C8H14N2O2S3/c1-4-15(11,12)8-10-9-7(14-8)13-5-6(2)3/h6H,4-5H2,1-3H3. The Morgan fingerprint density at radius 1 is 1.40 bits per heavy atom. The Morgan fingerprint density at radius 3 is 2.60 bits per heavy atom. The maximum atomic E-state index is 11.5. The molecule has 0 bridgehead atoms. The van der Waals surface area contributed by atoms with Gasteiger partial charge in [-0.2, -0.15) is 0 Å². The summed E-state index contributed by atoms with van der Waals surface area (Å²) in [6.07, 6.45) is 0. The highest BCUT2D eigenvalue weighted by molar-refractivity contribution is 8.01. The third-order valence-electron chi connectivity index (χ3n) is 1.57. The average molecular weight is 266 g/mol. The Balaban J connectivity index is 2.73. The summed E-state index contributed by atoms with van der Waals surface area (Å²) in [4.78, 5) is 0. The third kappa shape index (κ3) is 3.73. The van der Waals surface area contributed by atoms with E-state index in [0.29, 0.717) is 5.92 Å². The van der Waals surface area contributed by atoms with E-state index in [9.17, 15) is 8.42 Å². The Kier molecular flexibility index (Phi) is 4.54. The highest BCUT2D eigenvalue weighted by atomic mass is 32.2. The fourth-order valence-electron chi connectivity index (χ4n) is 0.743. The van der Waals surface area contributed by atoms with Crippen LogP contribution in [-0.2, 0) is 9.84 Å². The first-order valence-corrected chi connectivity index (χ1v) is 8.10. The summed E-state index contributed by atoms with van der Waals surface area (Å²) in [5, 5.41) is 7.55. The number of rotatable bonds is 5. The molecule has 1 aromatic rings. The lowest BCUT2D eigenvalue weighted by Crippen LogP contribution is -2.02. The van der Waals surface area contributed by atoms with E-state index in [0.717, 1.165) is 21.4 Å². The molecule has 0 aromatic carbocycles. The SMILES string of the molecule is CCS(=O)(=O)c1nnc(SCC(C)C)s1. The predicted molar refractivity (Wildman–Crippen MR) is 63.2 cm³/mol. The minimum atomic E-state index is -3.18. The van der Waals surface area contributed by atoms with Crippen molar-refractivity contribution in [2.24, 2.45) is 5.92 Å². The second kappa shape index (κ2) is 5.27. The van der Waals surface area contributed by atoms with Crippen LogP contribution in [0.2, 0.25) is 0 Å². The molecule has 0 saturated heterocycles. The van der Waals surface area contributed by atoms with Crippen molar-refractivity contribution in [3.8, 4) is 0 Å². The number of hydrogen-bond acceptors (Lipinski definition) is 6. The van der Waals surface area contributed by atoms with Crippen LogP contribution in [0.25, 0.3) is 0 Å². The predicted octanol–water partition coefficient (Wildman–Crippen LogP) is 2.08. The first-order chi connectivity index (χ1) is 6.95. The van der Waals surface area contributed by atoms with Gasteiger partial charge in [0.25, 0.3) is 0 Å². The van der Waals surface area contributed by atoms with Gasteiger partial charge in [-0.1, -0.05) is 43.9 Å². The number of sulfone groups is 1. The van der Waals surface area contributed by atoms with Gasteiger partial charge in [0, 0.05) is 5.75 Å². The van der Waals surface area contributed by atoms with E-state index in [1.165, 1.54) is 0 Å². The normalized spacial score (nSPS) is 12.3. The summed E-state index contributed by atoms with van der Waals surface area (Å²) in [6, 6.07) is 0. The monoisotopic (exact) mass is 266 g/mol. The fraction of sp³-hybridized carbons (Fsp3) is 0.750. The quantitative estimate of drug-likeness (QED) is 0.764. The second-order valence-corrected chi connectivity index (χ2v) is 8.14. The smallest absolute Gasteiger partial charge is 0.221 e. The lowest BCUT2D eigenvalue weighted by atomic mass is 10.3. The summed E-state index contributed by atoms with van der Waals surface area (Å²) in [5.74, 6) is 1.57. The molecule has 86 valence electrons. The molecule has 0 radical (unpaired) electrons. The van der Waals surface area contributed by atoms with Crippen molar-refractivity contribution in [1.82, 2.24) is 10.2 Å². The molecule has 0 spiro atoms. The van der Waals surface area contributed by atoms with Crippen molar-refractivity contribution in [1.29, 1.82) is 0 Å². The summed E-state index contributed by atoms with van der Waals surface area (Å²) in [6.45, 7) is 5.83. The summed E-state index contributed by atoms with van der Waals surface area (Å²) < 4.78 is 23.8. The molecule has 0 aliphatic heterocycles. The van der Waals surface area contributed by atoms with Gasteiger partial charge in [0.2, 0.25) is 14.2 Å². The van der Waals surface area contributed by atoms with E-state index in [4.69, 9.17) is 0 Å². The third-order valence-corrected chi connectivity index (χ3v) is 6.24. The fourth-order valence-corrected chi connectivity index (χ4v) is 3.98. The van der Waals surface area contributed by atoms with Crippen LogP contribution in [0.4, 0.5) is 0 Å². The summed E-state index contributed by atoms with van der Waals surface area (Å²) >= 11 is 2.72. The molecular formula is C8H14N2O2S3. The van der Waals surface area contributed by atoms with Crippen molar-refractivity contribution < 1.29 is 8.42 Å². The van der Waals surface area contributed by atoms with Gasteiger partial charge in [-0.25, -0.2) is 8.42 Å². The minimum Gasteiger partial charge on any atom is -0.221 e. The molecule has 0 atom stereocenters. The summed E-state index contributed by atoms with van der Waals surface area (Å²) in [7, 11) is -3.18. The lowest BCUT2D eigenvalue weighted by molar-refractivity contribution is 0.595. The van der Waals surface area contributed by atoms with E-state index < -0.39 is 9.84 Å². The van der Waals surface area contributed by atoms with Crippen LogP contribution < -0.4 is 0 Å². The number of thioether (sulfide) groups is 1. The topological polar surface area (TPSA) is 59.9 Å². The Labute approximate surface area is 98.4 Å². The molecule has 7 heteroatoms. The van der Waals surface area contributed by atoms with Crippen LogP contribution in [0.5, 0.6) is 0 Å². The Morgan fingerprint density at radius 2 is 2.07 bits per heavy atom. The highest BCUT2D eigenvalue weighted by Gasteiger charge is 2.17. The van der Waals surface area contributed by atoms with Gasteiger partial charge in [-0.3, -0.25) is 0 Å². The van der Waals surface area contributed by atoms with Crippen molar-refractivity contribution in [3.05, 3.63) is 0 Å². The zero-order valence-corrected chi connectivity index (χ0v) is 11.4. The molecule has 1 rings (SSSR count). The molecule has 1 aromatic heterocycles. The number of aromatic nitrogens is 2. The van der Waals surface area contributed by atoms with Crippen LogP contribution in [-0.4, -0.2) is 30.1 Å². The minimum absolute atomic E-state index is 0.0798. The van der Waals surface area contributed by atoms with Gasteiger partial charge in [-0.05, 0) is 5.92 Å². The van der Waals surface area contributed by atoms with Crippen molar-refractivity contribution in [2.45, 2.75) is 29.5 Å². The van der Waals surface area contributed by atoms with Crippen LogP contribution in [0.15, 0.2) is 8.68 Å². The maximum Gasteiger partial charge on any atom is 0.233 e. The lowest BCUT2D eigenvalue weighted by Gasteiger charge is -1.98. The Hall–Kier alpha value is -0.140. The zero-order chi connectivity index (χ0) is 11.5. The van der Waals surface area contributed by atoms with Crippen LogP contribution in [0, 0.1) is 5.92 Å². The van der Waals surface area contributed by atoms with E-state index >= 15 is 0 Å². The van der Waals surface area contributed by atoms with Crippen molar-refractivity contribution >= 4 is 32.9 Å². The molecule has 0 amide bonds. The van der Waals surface area contributed by atoms with Gasteiger partial charge in [0.1, 0.15) is 0 Å². The van der Waals surface area contributed by atoms with Gasteiger partial charge < -0.3 is 0 Å². The Bertz CT molecular complexity index is 411. The molecule has 1 heterocycles. The molecule has 0 aliphatic carbocycles. The number of hydrogen-bond donors (Lipinski definition) is 0. The highest BCUT2D eigenvalue weighted by Crippen LogP contribution is 2.26. The molecular weight excluding hydrogens is 252 g/mol. The maximum absolute atomic E-state index is 11.5. The molecule has 0 unspecified atom stereocenters. The number of nitrogens with zero attached hydrogens (tertiary/aromatic N) is 2. The van der Waals surface area contributed by atoms with Gasteiger partial charge in [0.05, 0.1) is 5.75 Å². The van der Waals surface area contributed by atoms with Crippen LogP contribution >= 0.6 is 23.1 Å². The van der Waals surface area contributed by atoms with Crippen molar-refractivity contribution in [3.63, 3.8) is 0 Å². The van der Waals surface area contributed by atoms with E-state index in [-0.39, 0.29) is 10.1 Å². The largest absolute Gasteiger partial charge is 0.233 e. The van der Waals surface area contributed by atoms with Crippen LogP contribution in [0.3, 0.4) is 0 Å². The molecule has 15 heavy (non-hydrogen) atoms. The zero-order valence-electron chi connectivity index (χ0n) is 8.93.